The van der Waals surface area contributed by atoms with E-state index >= 15 is 0 Å². The van der Waals surface area contributed by atoms with Gasteiger partial charge in [-0.2, -0.15) is 0 Å². The third kappa shape index (κ3) is 6.46. The zero-order chi connectivity index (χ0) is 25.5. The summed E-state index contributed by atoms with van der Waals surface area (Å²) < 4.78 is 5.99. The van der Waals surface area contributed by atoms with Gasteiger partial charge in [0.05, 0.1) is 16.6 Å². The average molecular weight is 524 g/mol. The van der Waals surface area contributed by atoms with Crippen LogP contribution in [0.25, 0.3) is 17.0 Å². The molecule has 36 heavy (non-hydrogen) atoms. The van der Waals surface area contributed by atoms with Crippen LogP contribution in [-0.2, 0) is 11.2 Å². The molecule has 0 saturated heterocycles. The molecule has 0 radical (unpaired) electrons. The average Bonchev–Trinajstić information content (AvgIpc) is 3.29. The number of amides is 2. The standard InChI is InChI=1S/C27H23Cl2N3O4/c28-19-8-11-23(24(29)14-19)27(34)31-20(13-18-15-30-25-4-2-1-3-22(18)25)16-36-21-9-5-17(6-10-21)7-12-26(33)32-35/h1-12,14-15,20,30,35H,13,16H2,(H,31,34)(H,32,33)/b12-7+/t20-/m0/s1. The van der Waals surface area contributed by atoms with Gasteiger partial charge in [0.25, 0.3) is 11.8 Å². The van der Waals surface area contributed by atoms with E-state index in [1.807, 2.05) is 30.5 Å². The molecule has 1 heterocycles. The first-order valence-corrected chi connectivity index (χ1v) is 11.8. The van der Waals surface area contributed by atoms with Crippen LogP contribution in [0.5, 0.6) is 5.75 Å². The molecular weight excluding hydrogens is 501 g/mol. The number of ether oxygens (including phenoxy) is 1. The summed E-state index contributed by atoms with van der Waals surface area (Å²) >= 11 is 12.2. The molecule has 1 atom stereocenters. The van der Waals surface area contributed by atoms with Gasteiger partial charge >= 0.3 is 0 Å². The van der Waals surface area contributed by atoms with Gasteiger partial charge in [0.15, 0.2) is 0 Å². The first-order valence-electron chi connectivity index (χ1n) is 11.1. The number of benzene rings is 3. The number of fused-ring (bicyclic) bond motifs is 1. The van der Waals surface area contributed by atoms with Crippen molar-refractivity contribution in [3.63, 3.8) is 0 Å². The minimum atomic E-state index is -0.619. The molecule has 4 N–H and O–H groups in total. The second kappa shape index (κ2) is 11.8. The van der Waals surface area contributed by atoms with Crippen molar-refractivity contribution < 1.29 is 19.5 Å². The van der Waals surface area contributed by atoms with Crippen LogP contribution >= 0.6 is 23.2 Å². The molecule has 1 aromatic heterocycles. The summed E-state index contributed by atoms with van der Waals surface area (Å²) in [5.74, 6) is -0.346. The highest BCUT2D eigenvalue weighted by Crippen LogP contribution is 2.23. The summed E-state index contributed by atoms with van der Waals surface area (Å²) in [5.41, 5.74) is 4.68. The normalized spacial score (nSPS) is 12.0. The number of carbonyl (C=O) groups is 2. The zero-order valence-electron chi connectivity index (χ0n) is 19.0. The molecule has 0 unspecified atom stereocenters. The Bertz CT molecular complexity index is 1400. The van der Waals surface area contributed by atoms with E-state index in [0.717, 1.165) is 22.0 Å². The van der Waals surface area contributed by atoms with Crippen LogP contribution in [0, 0.1) is 0 Å². The second-order valence-corrected chi connectivity index (χ2v) is 8.89. The first-order chi connectivity index (χ1) is 17.4. The van der Waals surface area contributed by atoms with Gasteiger partial charge in [-0.1, -0.05) is 53.5 Å². The van der Waals surface area contributed by atoms with Crippen molar-refractivity contribution in [2.75, 3.05) is 6.61 Å². The lowest BCUT2D eigenvalue weighted by Gasteiger charge is -2.20. The van der Waals surface area contributed by atoms with Crippen molar-refractivity contribution in [2.45, 2.75) is 12.5 Å². The third-order valence-corrected chi connectivity index (χ3v) is 6.07. The number of para-hydroxylation sites is 1. The van der Waals surface area contributed by atoms with Gasteiger partial charge in [-0.05, 0) is 60.0 Å². The fraction of sp³-hybridized carbons (Fsp3) is 0.111. The van der Waals surface area contributed by atoms with E-state index in [-0.39, 0.29) is 23.6 Å². The highest BCUT2D eigenvalue weighted by atomic mass is 35.5. The van der Waals surface area contributed by atoms with E-state index in [4.69, 9.17) is 33.1 Å². The van der Waals surface area contributed by atoms with Crippen molar-refractivity contribution in [2.24, 2.45) is 0 Å². The molecule has 3 aromatic carbocycles. The predicted molar refractivity (Wildman–Crippen MR) is 141 cm³/mol. The van der Waals surface area contributed by atoms with Gasteiger partial charge in [0.2, 0.25) is 0 Å². The van der Waals surface area contributed by atoms with E-state index in [9.17, 15) is 9.59 Å². The van der Waals surface area contributed by atoms with E-state index in [0.29, 0.717) is 22.8 Å². The van der Waals surface area contributed by atoms with E-state index in [2.05, 4.69) is 10.3 Å². The van der Waals surface area contributed by atoms with Crippen molar-refractivity contribution in [1.29, 1.82) is 0 Å². The van der Waals surface area contributed by atoms with Crippen LogP contribution < -0.4 is 15.5 Å². The minimum absolute atomic E-state index is 0.207. The van der Waals surface area contributed by atoms with E-state index < -0.39 is 5.91 Å². The highest BCUT2D eigenvalue weighted by Gasteiger charge is 2.19. The topological polar surface area (TPSA) is 103 Å². The Morgan fingerprint density at radius 2 is 1.83 bits per heavy atom. The Balaban J connectivity index is 1.50. The smallest absolute Gasteiger partial charge is 0.267 e. The Labute approximate surface area is 217 Å². The van der Waals surface area contributed by atoms with Crippen molar-refractivity contribution in [3.05, 3.63) is 106 Å². The molecule has 9 heteroatoms. The molecule has 2 amide bonds. The van der Waals surface area contributed by atoms with Crippen molar-refractivity contribution in [1.82, 2.24) is 15.8 Å². The largest absolute Gasteiger partial charge is 0.491 e. The number of hydrogen-bond donors (Lipinski definition) is 4. The monoisotopic (exact) mass is 523 g/mol. The summed E-state index contributed by atoms with van der Waals surface area (Å²) in [5, 5.41) is 13.4. The van der Waals surface area contributed by atoms with Crippen LogP contribution in [0.3, 0.4) is 0 Å². The van der Waals surface area contributed by atoms with Gasteiger partial charge < -0.3 is 15.0 Å². The van der Waals surface area contributed by atoms with Gasteiger partial charge in [-0.15, -0.1) is 0 Å². The fourth-order valence-electron chi connectivity index (χ4n) is 3.74. The van der Waals surface area contributed by atoms with Crippen LogP contribution in [0.2, 0.25) is 10.0 Å². The number of carbonyl (C=O) groups excluding carboxylic acids is 2. The summed E-state index contributed by atoms with van der Waals surface area (Å²) in [7, 11) is 0. The molecule has 0 saturated carbocycles. The van der Waals surface area contributed by atoms with Crippen LogP contribution in [0.1, 0.15) is 21.5 Å². The fourth-order valence-corrected chi connectivity index (χ4v) is 4.23. The van der Waals surface area contributed by atoms with Crippen LogP contribution in [0.15, 0.2) is 79.0 Å². The Hall–Kier alpha value is -3.78. The number of aromatic nitrogens is 1. The zero-order valence-corrected chi connectivity index (χ0v) is 20.5. The number of H-pyrrole nitrogens is 1. The summed E-state index contributed by atoms with van der Waals surface area (Å²) in [4.78, 5) is 27.4. The minimum Gasteiger partial charge on any atom is -0.491 e. The molecule has 0 bridgehead atoms. The Morgan fingerprint density at radius 1 is 1.06 bits per heavy atom. The maximum atomic E-state index is 13.0. The summed E-state index contributed by atoms with van der Waals surface area (Å²) in [6.07, 6.45) is 5.23. The van der Waals surface area contributed by atoms with Crippen LogP contribution in [0.4, 0.5) is 0 Å². The molecule has 4 rings (SSSR count). The Morgan fingerprint density at radius 3 is 2.58 bits per heavy atom. The Kier molecular flexibility index (Phi) is 8.28. The number of hydrogen-bond acceptors (Lipinski definition) is 4. The SMILES string of the molecule is O=C(/C=C/c1ccc(OC[C@H](Cc2c[nH]c3ccccc23)NC(=O)c2ccc(Cl)cc2Cl)cc1)NO. The van der Waals surface area contributed by atoms with E-state index in [1.54, 1.807) is 42.5 Å². The quantitative estimate of drug-likeness (QED) is 0.134. The molecule has 0 aliphatic rings. The molecule has 7 nitrogen and oxygen atoms in total. The maximum Gasteiger partial charge on any atom is 0.267 e. The van der Waals surface area contributed by atoms with Crippen molar-refractivity contribution in [3.8, 4) is 5.75 Å². The van der Waals surface area contributed by atoms with Gasteiger partial charge in [0, 0.05) is 28.2 Å². The number of aromatic amines is 1. The van der Waals surface area contributed by atoms with E-state index in [1.165, 1.54) is 17.6 Å². The molecule has 184 valence electrons. The number of nitrogens with one attached hydrogen (secondary N) is 3. The second-order valence-electron chi connectivity index (χ2n) is 8.05. The van der Waals surface area contributed by atoms with Gasteiger partial charge in [-0.3, -0.25) is 14.8 Å². The highest BCUT2D eigenvalue weighted by molar-refractivity contribution is 6.36. The first kappa shape index (κ1) is 25.3. The number of halogens is 2. The van der Waals surface area contributed by atoms with Gasteiger partial charge in [0.1, 0.15) is 12.4 Å². The maximum absolute atomic E-state index is 13.0. The molecule has 0 spiro atoms. The lowest BCUT2D eigenvalue weighted by Crippen LogP contribution is -2.40. The predicted octanol–water partition coefficient (Wildman–Crippen LogP) is 5.41. The number of hydroxylamine groups is 1. The molecule has 0 aliphatic heterocycles. The number of rotatable bonds is 9. The van der Waals surface area contributed by atoms with Crippen molar-refractivity contribution >= 4 is 52.0 Å². The summed E-state index contributed by atoms with van der Waals surface area (Å²) in [6, 6.07) is 19.4. The molecule has 0 aliphatic carbocycles. The molecule has 4 aromatic rings. The lowest BCUT2D eigenvalue weighted by molar-refractivity contribution is -0.124. The van der Waals surface area contributed by atoms with Gasteiger partial charge in [-0.25, -0.2) is 5.48 Å². The molecular formula is C27H23Cl2N3O4. The summed E-state index contributed by atoms with van der Waals surface area (Å²) in [6.45, 7) is 0.207. The molecule has 0 fully saturated rings. The third-order valence-electron chi connectivity index (χ3n) is 5.52. The lowest BCUT2D eigenvalue weighted by atomic mass is 10.0. The van der Waals surface area contributed by atoms with Crippen LogP contribution in [-0.4, -0.2) is 34.7 Å².